The number of halogens is 1. The van der Waals surface area contributed by atoms with Crippen molar-refractivity contribution in [1.29, 1.82) is 0 Å². The first kappa shape index (κ1) is 19.9. The molecule has 0 fully saturated rings. The first-order chi connectivity index (χ1) is 14.4. The first-order valence-electron chi connectivity index (χ1n) is 9.42. The monoisotopic (exact) mass is 421 g/mol. The van der Waals surface area contributed by atoms with Crippen molar-refractivity contribution in [3.63, 3.8) is 0 Å². The number of hydrogen-bond acceptors (Lipinski definition) is 5. The number of rotatable bonds is 5. The van der Waals surface area contributed by atoms with E-state index in [1.165, 1.54) is 0 Å². The van der Waals surface area contributed by atoms with Crippen molar-refractivity contribution in [2.24, 2.45) is 0 Å². The zero-order chi connectivity index (χ0) is 21.3. The number of carbonyl (C=O) groups excluding carboxylic acids is 1. The molecule has 2 aromatic heterocycles. The van der Waals surface area contributed by atoms with Crippen molar-refractivity contribution in [3.8, 4) is 17.2 Å². The fraction of sp³-hybridized carbons (Fsp3) is 0.174. The lowest BCUT2D eigenvalue weighted by atomic mass is 10.1. The summed E-state index contributed by atoms with van der Waals surface area (Å²) in [6, 6.07) is 12.9. The van der Waals surface area contributed by atoms with Crippen LogP contribution in [0.2, 0.25) is 5.02 Å². The normalized spacial score (nSPS) is 10.9. The summed E-state index contributed by atoms with van der Waals surface area (Å²) in [4.78, 5) is 21.0. The second kappa shape index (κ2) is 8.16. The standard InChI is InChI=1S/C23H20ClN3O3/c1-13-6-7-16(23-27-22-19(30-23)5-4-8-25-22)11-18(13)26-20(28)12-29-17-9-14(2)21(24)15(3)10-17/h4-11H,12H2,1-3H3,(H,26,28). The van der Waals surface area contributed by atoms with Gasteiger partial charge < -0.3 is 14.5 Å². The molecule has 2 heterocycles. The maximum atomic E-state index is 12.5. The van der Waals surface area contributed by atoms with Crippen molar-refractivity contribution < 1.29 is 13.9 Å². The molecule has 0 bridgehead atoms. The maximum Gasteiger partial charge on any atom is 0.262 e. The number of pyridine rings is 1. The van der Waals surface area contributed by atoms with Crippen LogP contribution >= 0.6 is 11.6 Å². The third kappa shape index (κ3) is 4.14. The number of nitrogens with one attached hydrogen (secondary N) is 1. The fourth-order valence-electron chi connectivity index (χ4n) is 3.11. The number of carbonyl (C=O) groups is 1. The minimum Gasteiger partial charge on any atom is -0.484 e. The lowest BCUT2D eigenvalue weighted by molar-refractivity contribution is -0.118. The summed E-state index contributed by atoms with van der Waals surface area (Å²) in [5.74, 6) is 0.788. The summed E-state index contributed by atoms with van der Waals surface area (Å²) in [5, 5.41) is 3.59. The number of amides is 1. The first-order valence-corrected chi connectivity index (χ1v) is 9.80. The third-order valence-electron chi connectivity index (χ3n) is 4.70. The van der Waals surface area contributed by atoms with E-state index in [1.807, 2.05) is 57.2 Å². The van der Waals surface area contributed by atoms with Crippen molar-refractivity contribution in [3.05, 3.63) is 70.4 Å². The van der Waals surface area contributed by atoms with Gasteiger partial charge in [0.2, 0.25) is 5.89 Å². The number of aromatic nitrogens is 2. The highest BCUT2D eigenvalue weighted by molar-refractivity contribution is 6.32. The molecule has 0 aliphatic rings. The van der Waals surface area contributed by atoms with Crippen molar-refractivity contribution in [2.75, 3.05) is 11.9 Å². The third-order valence-corrected chi connectivity index (χ3v) is 5.30. The predicted octanol–water partition coefficient (Wildman–Crippen LogP) is 5.49. The van der Waals surface area contributed by atoms with Gasteiger partial charge in [0.15, 0.2) is 17.8 Å². The molecule has 0 atom stereocenters. The number of fused-ring (bicyclic) bond motifs is 1. The zero-order valence-electron chi connectivity index (χ0n) is 16.8. The van der Waals surface area contributed by atoms with Crippen LogP contribution in [0.15, 0.2) is 53.1 Å². The Balaban J connectivity index is 1.49. The van der Waals surface area contributed by atoms with Crippen LogP contribution in [0.5, 0.6) is 5.75 Å². The highest BCUT2D eigenvalue weighted by atomic mass is 35.5. The Morgan fingerprint density at radius 3 is 2.60 bits per heavy atom. The number of oxazole rings is 1. The molecule has 1 amide bonds. The Hall–Kier alpha value is -3.38. The molecule has 4 aromatic rings. The van der Waals surface area contributed by atoms with Crippen LogP contribution in [-0.2, 0) is 4.79 Å². The van der Waals surface area contributed by atoms with E-state index in [0.29, 0.717) is 33.6 Å². The summed E-state index contributed by atoms with van der Waals surface area (Å²) < 4.78 is 11.4. The van der Waals surface area contributed by atoms with Gasteiger partial charge in [0.1, 0.15) is 5.75 Å². The number of nitrogens with zero attached hydrogens (tertiary/aromatic N) is 2. The maximum absolute atomic E-state index is 12.5. The van der Waals surface area contributed by atoms with Crippen molar-refractivity contribution in [1.82, 2.24) is 9.97 Å². The Bertz CT molecular complexity index is 1190. The molecule has 0 spiro atoms. The smallest absolute Gasteiger partial charge is 0.262 e. The van der Waals surface area contributed by atoms with E-state index in [9.17, 15) is 4.79 Å². The highest BCUT2D eigenvalue weighted by Crippen LogP contribution is 2.28. The van der Waals surface area contributed by atoms with Crippen LogP contribution in [-0.4, -0.2) is 22.5 Å². The zero-order valence-corrected chi connectivity index (χ0v) is 17.6. The van der Waals surface area contributed by atoms with Gasteiger partial charge >= 0.3 is 0 Å². The van der Waals surface area contributed by atoms with Crippen LogP contribution < -0.4 is 10.1 Å². The van der Waals surface area contributed by atoms with Gasteiger partial charge in [0.25, 0.3) is 5.91 Å². The van der Waals surface area contributed by atoms with E-state index in [-0.39, 0.29) is 12.5 Å². The van der Waals surface area contributed by atoms with Gasteiger partial charge in [-0.05, 0) is 73.9 Å². The van der Waals surface area contributed by atoms with E-state index >= 15 is 0 Å². The molecular weight excluding hydrogens is 402 g/mol. The summed E-state index contributed by atoms with van der Waals surface area (Å²) in [6.45, 7) is 5.61. The largest absolute Gasteiger partial charge is 0.484 e. The van der Waals surface area contributed by atoms with Crippen LogP contribution in [0.1, 0.15) is 16.7 Å². The number of hydrogen-bond donors (Lipinski definition) is 1. The highest BCUT2D eigenvalue weighted by Gasteiger charge is 2.13. The molecule has 0 saturated carbocycles. The van der Waals surface area contributed by atoms with Gasteiger partial charge in [0, 0.05) is 22.5 Å². The Labute approximate surface area is 178 Å². The van der Waals surface area contributed by atoms with E-state index < -0.39 is 0 Å². The molecule has 6 nitrogen and oxygen atoms in total. The van der Waals surface area contributed by atoms with E-state index in [0.717, 1.165) is 22.3 Å². The molecule has 0 saturated heterocycles. The Morgan fingerprint density at radius 1 is 1.10 bits per heavy atom. The summed E-state index contributed by atoms with van der Waals surface area (Å²) in [7, 11) is 0. The lowest BCUT2D eigenvalue weighted by Gasteiger charge is -2.12. The summed E-state index contributed by atoms with van der Waals surface area (Å²) >= 11 is 6.18. The van der Waals surface area contributed by atoms with Crippen LogP contribution in [0.25, 0.3) is 22.7 Å². The van der Waals surface area contributed by atoms with Gasteiger partial charge in [-0.2, -0.15) is 4.98 Å². The Kier molecular flexibility index (Phi) is 5.42. The summed E-state index contributed by atoms with van der Waals surface area (Å²) in [5.41, 5.74) is 5.30. The molecule has 1 N–H and O–H groups in total. The van der Waals surface area contributed by atoms with Crippen LogP contribution in [0, 0.1) is 20.8 Å². The molecule has 0 aliphatic heterocycles. The molecule has 2 aromatic carbocycles. The second-order valence-electron chi connectivity index (χ2n) is 7.08. The molecule has 7 heteroatoms. The number of anilines is 1. The summed E-state index contributed by atoms with van der Waals surface area (Å²) in [6.07, 6.45) is 1.67. The predicted molar refractivity (Wildman–Crippen MR) is 117 cm³/mol. The minimum atomic E-state index is -0.264. The topological polar surface area (TPSA) is 77.3 Å². The van der Waals surface area contributed by atoms with Crippen LogP contribution in [0.4, 0.5) is 5.69 Å². The molecular formula is C23H20ClN3O3. The van der Waals surface area contributed by atoms with E-state index in [4.69, 9.17) is 20.8 Å². The van der Waals surface area contributed by atoms with E-state index in [2.05, 4.69) is 15.3 Å². The molecule has 152 valence electrons. The van der Waals surface area contributed by atoms with Gasteiger partial charge in [-0.1, -0.05) is 17.7 Å². The average molecular weight is 422 g/mol. The van der Waals surface area contributed by atoms with Crippen molar-refractivity contribution >= 4 is 34.4 Å². The average Bonchev–Trinajstić information content (AvgIpc) is 3.16. The SMILES string of the molecule is Cc1ccc(-c2nc3ncccc3o2)cc1NC(=O)COc1cc(C)c(Cl)c(C)c1. The second-order valence-corrected chi connectivity index (χ2v) is 7.46. The molecule has 0 radical (unpaired) electrons. The van der Waals surface area contributed by atoms with Gasteiger partial charge in [-0.25, -0.2) is 4.98 Å². The number of aryl methyl sites for hydroxylation is 3. The molecule has 4 rings (SSSR count). The number of benzene rings is 2. The number of ether oxygens (including phenoxy) is 1. The van der Waals surface area contributed by atoms with Gasteiger partial charge in [0.05, 0.1) is 0 Å². The van der Waals surface area contributed by atoms with Crippen molar-refractivity contribution in [2.45, 2.75) is 20.8 Å². The van der Waals surface area contributed by atoms with Crippen LogP contribution in [0.3, 0.4) is 0 Å². The molecule has 30 heavy (non-hydrogen) atoms. The molecule has 0 unspecified atom stereocenters. The quantitative estimate of drug-likeness (QED) is 0.461. The fourth-order valence-corrected chi connectivity index (χ4v) is 3.22. The molecule has 0 aliphatic carbocycles. The van der Waals surface area contributed by atoms with Gasteiger partial charge in [-0.3, -0.25) is 4.79 Å². The minimum absolute atomic E-state index is 0.114. The Morgan fingerprint density at radius 2 is 1.87 bits per heavy atom. The van der Waals surface area contributed by atoms with Gasteiger partial charge in [-0.15, -0.1) is 0 Å². The lowest BCUT2D eigenvalue weighted by Crippen LogP contribution is -2.20. The van der Waals surface area contributed by atoms with E-state index in [1.54, 1.807) is 12.3 Å².